The van der Waals surface area contributed by atoms with Gasteiger partial charge in [0.25, 0.3) is 0 Å². The third kappa shape index (κ3) is 5.03. The summed E-state index contributed by atoms with van der Waals surface area (Å²) in [6.07, 6.45) is 1.75. The number of rotatable bonds is 4. The molecule has 0 bridgehead atoms. The van der Waals surface area contributed by atoms with E-state index in [1.54, 1.807) is 6.20 Å². The van der Waals surface area contributed by atoms with Gasteiger partial charge in [-0.2, -0.15) is 0 Å². The van der Waals surface area contributed by atoms with Crippen molar-refractivity contribution in [2.75, 3.05) is 0 Å². The predicted octanol–water partition coefficient (Wildman–Crippen LogP) is 4.72. The molecule has 0 spiro atoms. The Bertz CT molecular complexity index is 620. The number of hydrogen-bond donors (Lipinski definition) is 1. The number of aromatic nitrogens is 1. The van der Waals surface area contributed by atoms with E-state index in [2.05, 4.69) is 31.1 Å². The fourth-order valence-electron chi connectivity index (χ4n) is 1.78. The molecule has 3 nitrogen and oxygen atoms in total. The first kappa shape index (κ1) is 15.8. The van der Waals surface area contributed by atoms with Crippen LogP contribution in [0, 0.1) is 6.92 Å². The minimum Gasteiger partial charge on any atom is -0.437 e. The van der Waals surface area contributed by atoms with E-state index in [1.165, 1.54) is 0 Å². The number of halogens is 1. The van der Waals surface area contributed by atoms with Crippen LogP contribution in [0.1, 0.15) is 31.9 Å². The number of ether oxygens (including phenoxy) is 1. The number of aryl methyl sites for hydroxylation is 1. The quantitative estimate of drug-likeness (QED) is 0.887. The first-order chi connectivity index (χ1) is 9.83. The first-order valence-corrected chi connectivity index (χ1v) is 7.35. The normalized spacial score (nSPS) is 11.5. The highest BCUT2D eigenvalue weighted by Gasteiger charge is 2.09. The molecule has 0 atom stereocenters. The van der Waals surface area contributed by atoms with E-state index in [9.17, 15) is 0 Å². The minimum absolute atomic E-state index is 0.0740. The van der Waals surface area contributed by atoms with E-state index in [-0.39, 0.29) is 5.54 Å². The summed E-state index contributed by atoms with van der Waals surface area (Å²) in [7, 11) is 0. The largest absolute Gasteiger partial charge is 0.437 e. The van der Waals surface area contributed by atoms with Crippen LogP contribution in [0.15, 0.2) is 36.5 Å². The third-order valence-electron chi connectivity index (χ3n) is 2.92. The molecule has 2 aromatic rings. The van der Waals surface area contributed by atoms with Crippen molar-refractivity contribution in [1.29, 1.82) is 0 Å². The Morgan fingerprint density at radius 2 is 1.95 bits per heavy atom. The summed E-state index contributed by atoms with van der Waals surface area (Å²) in [6, 6.07) is 9.60. The maximum Gasteiger partial charge on any atom is 0.219 e. The topological polar surface area (TPSA) is 34.1 Å². The van der Waals surface area contributed by atoms with E-state index in [0.717, 1.165) is 17.7 Å². The second-order valence-corrected chi connectivity index (χ2v) is 6.55. The zero-order valence-corrected chi connectivity index (χ0v) is 13.7. The highest BCUT2D eigenvalue weighted by molar-refractivity contribution is 6.32. The van der Waals surface area contributed by atoms with Crippen LogP contribution in [-0.4, -0.2) is 10.5 Å². The average Bonchev–Trinajstić information content (AvgIpc) is 2.39. The molecule has 0 radical (unpaired) electrons. The summed E-state index contributed by atoms with van der Waals surface area (Å²) in [5, 5.41) is 4.03. The van der Waals surface area contributed by atoms with Crippen LogP contribution in [0.5, 0.6) is 11.6 Å². The lowest BCUT2D eigenvalue weighted by atomic mass is 10.1. The van der Waals surface area contributed by atoms with Crippen molar-refractivity contribution in [3.8, 4) is 11.6 Å². The number of nitrogens with zero attached hydrogens (tertiary/aromatic N) is 1. The number of pyridine rings is 1. The standard InChI is InChI=1S/C17H21ClN2O/c1-12-5-6-15(14(18)9-12)21-16-10-13(7-8-19-16)11-20-17(2,3)4/h5-10,20H,11H2,1-4H3. The van der Waals surface area contributed by atoms with Crippen LogP contribution >= 0.6 is 11.6 Å². The van der Waals surface area contributed by atoms with Crippen molar-refractivity contribution in [3.05, 3.63) is 52.7 Å². The van der Waals surface area contributed by atoms with Gasteiger partial charge in [-0.05, 0) is 57.0 Å². The zero-order valence-electron chi connectivity index (χ0n) is 12.9. The maximum atomic E-state index is 6.18. The van der Waals surface area contributed by atoms with E-state index in [1.807, 2.05) is 37.3 Å². The zero-order chi connectivity index (χ0) is 15.5. The Morgan fingerprint density at radius 1 is 1.19 bits per heavy atom. The van der Waals surface area contributed by atoms with Gasteiger partial charge in [0.2, 0.25) is 5.88 Å². The van der Waals surface area contributed by atoms with Crippen LogP contribution in [0.25, 0.3) is 0 Å². The number of benzene rings is 1. The molecule has 0 saturated heterocycles. The molecule has 0 aliphatic carbocycles. The van der Waals surface area contributed by atoms with Crippen LogP contribution in [-0.2, 0) is 6.54 Å². The van der Waals surface area contributed by atoms with Crippen molar-refractivity contribution in [3.63, 3.8) is 0 Å². The van der Waals surface area contributed by atoms with Crippen molar-refractivity contribution in [2.24, 2.45) is 0 Å². The van der Waals surface area contributed by atoms with Gasteiger partial charge < -0.3 is 10.1 Å². The van der Waals surface area contributed by atoms with Gasteiger partial charge in [0.15, 0.2) is 0 Å². The average molecular weight is 305 g/mol. The lowest BCUT2D eigenvalue weighted by molar-refractivity contribution is 0.422. The molecule has 112 valence electrons. The van der Waals surface area contributed by atoms with Crippen LogP contribution < -0.4 is 10.1 Å². The van der Waals surface area contributed by atoms with Gasteiger partial charge in [-0.15, -0.1) is 0 Å². The SMILES string of the molecule is Cc1ccc(Oc2cc(CNC(C)(C)C)ccn2)c(Cl)c1. The van der Waals surface area contributed by atoms with E-state index in [4.69, 9.17) is 16.3 Å². The summed E-state index contributed by atoms with van der Waals surface area (Å²) in [5.74, 6) is 1.17. The predicted molar refractivity (Wildman–Crippen MR) is 87.1 cm³/mol. The van der Waals surface area contributed by atoms with Gasteiger partial charge in [0.1, 0.15) is 5.75 Å². The van der Waals surface area contributed by atoms with E-state index in [0.29, 0.717) is 16.7 Å². The van der Waals surface area contributed by atoms with Gasteiger partial charge in [0.05, 0.1) is 5.02 Å². The molecule has 0 saturated carbocycles. The first-order valence-electron chi connectivity index (χ1n) is 6.97. The molecule has 1 aromatic heterocycles. The Hall–Kier alpha value is -1.58. The lowest BCUT2D eigenvalue weighted by Gasteiger charge is -2.20. The molecule has 4 heteroatoms. The molecule has 0 amide bonds. The van der Waals surface area contributed by atoms with Crippen LogP contribution in [0.3, 0.4) is 0 Å². The second-order valence-electron chi connectivity index (χ2n) is 6.14. The van der Waals surface area contributed by atoms with Crippen LogP contribution in [0.4, 0.5) is 0 Å². The van der Waals surface area contributed by atoms with E-state index >= 15 is 0 Å². The molecular weight excluding hydrogens is 284 g/mol. The molecular formula is C17H21ClN2O. The van der Waals surface area contributed by atoms with Crippen molar-refractivity contribution in [1.82, 2.24) is 10.3 Å². The third-order valence-corrected chi connectivity index (χ3v) is 3.22. The lowest BCUT2D eigenvalue weighted by Crippen LogP contribution is -2.35. The Morgan fingerprint density at radius 3 is 2.62 bits per heavy atom. The molecule has 1 N–H and O–H groups in total. The molecule has 0 unspecified atom stereocenters. The Labute approximate surface area is 131 Å². The molecule has 0 fully saturated rings. The van der Waals surface area contributed by atoms with Crippen molar-refractivity contribution in [2.45, 2.75) is 39.8 Å². The van der Waals surface area contributed by atoms with E-state index < -0.39 is 0 Å². The molecule has 1 aromatic carbocycles. The van der Waals surface area contributed by atoms with Crippen molar-refractivity contribution >= 4 is 11.6 Å². The van der Waals surface area contributed by atoms with Gasteiger partial charge in [-0.25, -0.2) is 4.98 Å². The highest BCUT2D eigenvalue weighted by Crippen LogP contribution is 2.29. The summed E-state index contributed by atoms with van der Waals surface area (Å²) >= 11 is 6.18. The highest BCUT2D eigenvalue weighted by atomic mass is 35.5. The smallest absolute Gasteiger partial charge is 0.219 e. The Balaban J connectivity index is 2.10. The molecule has 0 aliphatic rings. The van der Waals surface area contributed by atoms with Crippen molar-refractivity contribution < 1.29 is 4.74 Å². The molecule has 2 rings (SSSR count). The van der Waals surface area contributed by atoms with Gasteiger partial charge in [-0.3, -0.25) is 0 Å². The monoisotopic (exact) mass is 304 g/mol. The number of hydrogen-bond acceptors (Lipinski definition) is 3. The van der Waals surface area contributed by atoms with Gasteiger partial charge >= 0.3 is 0 Å². The number of nitrogens with one attached hydrogen (secondary N) is 1. The Kier molecular flexibility index (Phi) is 4.86. The minimum atomic E-state index is 0.0740. The second kappa shape index (κ2) is 6.46. The molecule has 21 heavy (non-hydrogen) atoms. The summed E-state index contributed by atoms with van der Waals surface area (Å²) in [5.41, 5.74) is 2.30. The molecule has 0 aliphatic heterocycles. The van der Waals surface area contributed by atoms with Gasteiger partial charge in [-0.1, -0.05) is 17.7 Å². The summed E-state index contributed by atoms with van der Waals surface area (Å²) in [4.78, 5) is 4.23. The molecule has 1 heterocycles. The summed E-state index contributed by atoms with van der Waals surface area (Å²) < 4.78 is 5.77. The fraction of sp³-hybridized carbons (Fsp3) is 0.353. The van der Waals surface area contributed by atoms with Gasteiger partial charge in [0, 0.05) is 24.3 Å². The summed E-state index contributed by atoms with van der Waals surface area (Å²) in [6.45, 7) is 9.17. The maximum absolute atomic E-state index is 6.18. The van der Waals surface area contributed by atoms with Crippen LogP contribution in [0.2, 0.25) is 5.02 Å². The fourth-order valence-corrected chi connectivity index (χ4v) is 2.06.